The molecule has 0 aliphatic carbocycles. The quantitative estimate of drug-likeness (QED) is 0.713. The summed E-state index contributed by atoms with van der Waals surface area (Å²) in [5.74, 6) is -1.24. The maximum Gasteiger partial charge on any atom is 0.322 e. The summed E-state index contributed by atoms with van der Waals surface area (Å²) in [4.78, 5) is 17.2. The third-order valence-corrected chi connectivity index (χ3v) is 4.04. The summed E-state index contributed by atoms with van der Waals surface area (Å²) in [6.45, 7) is 0. The van der Waals surface area contributed by atoms with Crippen LogP contribution in [-0.2, 0) is 21.2 Å². The molecule has 1 heterocycles. The van der Waals surface area contributed by atoms with Crippen LogP contribution in [0.15, 0.2) is 47.9 Å². The Morgan fingerprint density at radius 3 is 2.60 bits per heavy atom. The number of aromatic amines is 1. The van der Waals surface area contributed by atoms with Crippen molar-refractivity contribution >= 4 is 16.0 Å². The van der Waals surface area contributed by atoms with E-state index in [2.05, 4.69) is 14.7 Å². The summed E-state index contributed by atoms with van der Waals surface area (Å²) in [6.07, 6.45) is 2.38. The zero-order chi connectivity index (χ0) is 14.6. The summed E-state index contributed by atoms with van der Waals surface area (Å²) in [5, 5.41) is 8.97. The molecular weight excluding hydrogens is 282 g/mol. The molecule has 0 saturated heterocycles. The molecular formula is C12H13N3O4S. The topological polar surface area (TPSA) is 112 Å². The second-order valence-electron chi connectivity index (χ2n) is 4.12. The fourth-order valence-corrected chi connectivity index (χ4v) is 2.76. The predicted molar refractivity (Wildman–Crippen MR) is 70.5 cm³/mol. The number of rotatable bonds is 6. The first-order chi connectivity index (χ1) is 9.49. The van der Waals surface area contributed by atoms with Crippen LogP contribution < -0.4 is 4.72 Å². The van der Waals surface area contributed by atoms with E-state index in [-0.39, 0.29) is 11.4 Å². The molecule has 2 aromatic rings. The average Bonchev–Trinajstić information content (AvgIpc) is 2.93. The number of carboxylic acid groups (broad SMARTS) is 1. The Labute approximate surface area is 115 Å². The van der Waals surface area contributed by atoms with Crippen molar-refractivity contribution in [3.05, 3.63) is 48.4 Å². The van der Waals surface area contributed by atoms with Gasteiger partial charge in [-0.1, -0.05) is 30.3 Å². The molecule has 20 heavy (non-hydrogen) atoms. The molecule has 1 aromatic carbocycles. The van der Waals surface area contributed by atoms with Crippen LogP contribution in [0.25, 0.3) is 0 Å². The first-order valence-corrected chi connectivity index (χ1v) is 7.25. The van der Waals surface area contributed by atoms with Crippen LogP contribution in [0.2, 0.25) is 0 Å². The molecule has 0 saturated carbocycles. The number of nitrogens with zero attached hydrogens (tertiary/aromatic N) is 1. The summed E-state index contributed by atoms with van der Waals surface area (Å²) in [6, 6.07) is 7.55. The highest BCUT2D eigenvalue weighted by Crippen LogP contribution is 2.08. The van der Waals surface area contributed by atoms with Gasteiger partial charge >= 0.3 is 5.97 Å². The second-order valence-corrected chi connectivity index (χ2v) is 5.80. The number of sulfonamides is 1. The van der Waals surface area contributed by atoms with Gasteiger partial charge in [0, 0.05) is 0 Å². The number of H-pyrrole nitrogens is 1. The Hall–Kier alpha value is -2.19. The molecule has 2 rings (SSSR count). The first-order valence-electron chi connectivity index (χ1n) is 5.76. The van der Waals surface area contributed by atoms with Crippen molar-refractivity contribution < 1.29 is 18.3 Å². The highest BCUT2D eigenvalue weighted by molar-refractivity contribution is 7.89. The fourth-order valence-electron chi connectivity index (χ4n) is 1.67. The van der Waals surface area contributed by atoms with Crippen LogP contribution in [0.1, 0.15) is 5.56 Å². The van der Waals surface area contributed by atoms with E-state index in [1.807, 2.05) is 0 Å². The van der Waals surface area contributed by atoms with Crippen LogP contribution in [0.3, 0.4) is 0 Å². The van der Waals surface area contributed by atoms with Gasteiger partial charge in [-0.15, -0.1) is 0 Å². The predicted octanol–water partition coefficient (Wildman–Crippen LogP) is 0.384. The number of aromatic nitrogens is 2. The highest BCUT2D eigenvalue weighted by atomic mass is 32.2. The standard InChI is InChI=1S/C12H13N3O4S/c16-12(17)10(6-9-4-2-1-3-5-9)15-20(18,19)11-7-13-8-14-11/h1-5,7-8,10,15H,6H2,(H,13,14)(H,16,17)/t10-/m0/s1. The van der Waals surface area contributed by atoms with Gasteiger partial charge in [0.2, 0.25) is 0 Å². The maximum atomic E-state index is 12.0. The zero-order valence-corrected chi connectivity index (χ0v) is 11.2. The van der Waals surface area contributed by atoms with Crippen LogP contribution >= 0.6 is 0 Å². The lowest BCUT2D eigenvalue weighted by Gasteiger charge is -2.14. The lowest BCUT2D eigenvalue weighted by Crippen LogP contribution is -2.42. The molecule has 1 atom stereocenters. The third kappa shape index (κ3) is 3.43. The second kappa shape index (κ2) is 5.85. The molecule has 0 radical (unpaired) electrons. The molecule has 8 heteroatoms. The largest absolute Gasteiger partial charge is 0.480 e. The molecule has 3 N–H and O–H groups in total. The van der Waals surface area contributed by atoms with Crippen molar-refractivity contribution in [3.63, 3.8) is 0 Å². The minimum absolute atomic E-state index is 0.0591. The molecule has 0 spiro atoms. The van der Waals surface area contributed by atoms with E-state index in [1.54, 1.807) is 30.3 Å². The van der Waals surface area contributed by atoms with Gasteiger partial charge in [0.05, 0.1) is 12.5 Å². The van der Waals surface area contributed by atoms with E-state index >= 15 is 0 Å². The fraction of sp³-hybridized carbons (Fsp3) is 0.167. The number of carboxylic acids is 1. The Bertz CT molecular complexity index is 668. The van der Waals surface area contributed by atoms with E-state index in [1.165, 1.54) is 6.33 Å². The van der Waals surface area contributed by atoms with E-state index in [0.29, 0.717) is 0 Å². The first kappa shape index (κ1) is 14.2. The Morgan fingerprint density at radius 1 is 1.35 bits per heavy atom. The van der Waals surface area contributed by atoms with Crippen LogP contribution in [0.4, 0.5) is 0 Å². The van der Waals surface area contributed by atoms with Gasteiger partial charge in [0.25, 0.3) is 10.0 Å². The van der Waals surface area contributed by atoms with E-state index < -0.39 is 22.0 Å². The van der Waals surface area contributed by atoms with E-state index in [9.17, 15) is 13.2 Å². The lowest BCUT2D eigenvalue weighted by atomic mass is 10.1. The molecule has 7 nitrogen and oxygen atoms in total. The van der Waals surface area contributed by atoms with Crippen LogP contribution in [0, 0.1) is 0 Å². The van der Waals surface area contributed by atoms with Gasteiger partial charge in [0.15, 0.2) is 5.03 Å². The summed E-state index contributed by atoms with van der Waals surface area (Å²) >= 11 is 0. The molecule has 106 valence electrons. The number of imidazole rings is 1. The third-order valence-electron chi connectivity index (χ3n) is 2.64. The Kier molecular flexibility index (Phi) is 4.16. The van der Waals surface area contributed by atoms with Crippen molar-refractivity contribution in [1.29, 1.82) is 0 Å². The monoisotopic (exact) mass is 295 g/mol. The van der Waals surface area contributed by atoms with E-state index in [4.69, 9.17) is 5.11 Å². The van der Waals surface area contributed by atoms with Gasteiger partial charge < -0.3 is 10.1 Å². The smallest absolute Gasteiger partial charge is 0.322 e. The number of hydrogen-bond donors (Lipinski definition) is 3. The van der Waals surface area contributed by atoms with Gasteiger partial charge in [-0.2, -0.15) is 4.72 Å². The van der Waals surface area contributed by atoms with Crippen molar-refractivity contribution in [3.8, 4) is 0 Å². The van der Waals surface area contributed by atoms with Crippen LogP contribution in [0.5, 0.6) is 0 Å². The lowest BCUT2D eigenvalue weighted by molar-refractivity contribution is -0.138. The Morgan fingerprint density at radius 2 is 2.05 bits per heavy atom. The van der Waals surface area contributed by atoms with Gasteiger partial charge in [0.1, 0.15) is 6.04 Å². The minimum Gasteiger partial charge on any atom is -0.480 e. The molecule has 0 aliphatic heterocycles. The summed E-state index contributed by atoms with van der Waals surface area (Å²) < 4.78 is 26.1. The summed E-state index contributed by atoms with van der Waals surface area (Å²) in [7, 11) is -3.93. The average molecular weight is 295 g/mol. The number of aliphatic carboxylic acids is 1. The van der Waals surface area contributed by atoms with Crippen LogP contribution in [-0.4, -0.2) is 35.5 Å². The number of nitrogens with one attached hydrogen (secondary N) is 2. The molecule has 0 fully saturated rings. The van der Waals surface area contributed by atoms with Crippen molar-refractivity contribution in [1.82, 2.24) is 14.7 Å². The maximum absolute atomic E-state index is 12.0. The number of hydrogen-bond acceptors (Lipinski definition) is 4. The van der Waals surface area contributed by atoms with Crippen molar-refractivity contribution in [2.24, 2.45) is 0 Å². The Balaban J connectivity index is 2.17. The normalized spacial score (nSPS) is 13.0. The SMILES string of the molecule is O=C(O)[C@H](Cc1ccccc1)NS(=O)(=O)c1cnc[nH]1. The molecule has 1 aromatic heterocycles. The van der Waals surface area contributed by atoms with Crippen molar-refractivity contribution in [2.45, 2.75) is 17.5 Å². The van der Waals surface area contributed by atoms with Gasteiger partial charge in [-0.25, -0.2) is 13.4 Å². The zero-order valence-electron chi connectivity index (χ0n) is 10.4. The molecule has 0 unspecified atom stereocenters. The molecule has 0 aliphatic rings. The van der Waals surface area contributed by atoms with Gasteiger partial charge in [-0.3, -0.25) is 4.79 Å². The van der Waals surface area contributed by atoms with Crippen molar-refractivity contribution in [2.75, 3.05) is 0 Å². The van der Waals surface area contributed by atoms with Gasteiger partial charge in [-0.05, 0) is 12.0 Å². The highest BCUT2D eigenvalue weighted by Gasteiger charge is 2.26. The molecule has 0 amide bonds. The van der Waals surface area contributed by atoms with E-state index in [0.717, 1.165) is 11.8 Å². The number of carbonyl (C=O) groups is 1. The number of benzene rings is 1. The minimum atomic E-state index is -3.93. The molecule has 0 bridgehead atoms. The summed E-state index contributed by atoms with van der Waals surface area (Å²) in [5.41, 5.74) is 0.729.